The van der Waals surface area contributed by atoms with Crippen LogP contribution in [-0.2, 0) is 4.79 Å². The van der Waals surface area contributed by atoms with Crippen LogP contribution in [0.4, 0.5) is 5.69 Å². The molecule has 5 nitrogen and oxygen atoms in total. The van der Waals surface area contributed by atoms with Crippen molar-refractivity contribution in [2.75, 3.05) is 11.1 Å². The lowest BCUT2D eigenvalue weighted by atomic mass is 10.3. The number of benzene rings is 2. The van der Waals surface area contributed by atoms with Crippen LogP contribution in [0.1, 0.15) is 0 Å². The molecule has 0 aliphatic carbocycles. The van der Waals surface area contributed by atoms with Gasteiger partial charge in [-0.05, 0) is 54.6 Å². The van der Waals surface area contributed by atoms with Crippen molar-refractivity contribution in [3.05, 3.63) is 72.0 Å². The lowest BCUT2D eigenvalue weighted by Gasteiger charge is -2.05. The Labute approximate surface area is 164 Å². The fraction of sp³-hybridized carbons (Fsp3) is 0.0500. The van der Waals surface area contributed by atoms with E-state index in [-0.39, 0.29) is 5.91 Å². The summed E-state index contributed by atoms with van der Waals surface area (Å²) in [5, 5.41) is 3.56. The minimum atomic E-state index is -0.0906. The number of amides is 1. The molecule has 27 heavy (non-hydrogen) atoms. The van der Waals surface area contributed by atoms with Gasteiger partial charge in [0, 0.05) is 33.6 Å². The van der Waals surface area contributed by atoms with Crippen molar-refractivity contribution in [3.63, 3.8) is 0 Å². The summed E-state index contributed by atoms with van der Waals surface area (Å²) < 4.78 is 5.76. The number of rotatable bonds is 5. The first-order valence-corrected chi connectivity index (χ1v) is 9.53. The Morgan fingerprint density at radius 2 is 1.85 bits per heavy atom. The molecule has 0 saturated heterocycles. The van der Waals surface area contributed by atoms with Gasteiger partial charge < -0.3 is 9.73 Å². The first-order valence-electron chi connectivity index (χ1n) is 8.16. The molecule has 7 heteroatoms. The zero-order valence-corrected chi connectivity index (χ0v) is 15.6. The molecule has 0 aliphatic heterocycles. The van der Waals surface area contributed by atoms with E-state index in [4.69, 9.17) is 16.0 Å². The monoisotopic (exact) mass is 395 g/mol. The maximum absolute atomic E-state index is 12.2. The molecule has 134 valence electrons. The van der Waals surface area contributed by atoms with Crippen LogP contribution >= 0.6 is 23.4 Å². The summed E-state index contributed by atoms with van der Waals surface area (Å²) in [5.74, 6) is 0.738. The molecule has 0 saturated carbocycles. The summed E-state index contributed by atoms with van der Waals surface area (Å²) in [6.07, 6.45) is 3.38. The number of nitrogens with one attached hydrogen (secondary N) is 1. The van der Waals surface area contributed by atoms with Gasteiger partial charge in [0.05, 0.1) is 5.75 Å². The summed E-state index contributed by atoms with van der Waals surface area (Å²) in [6.45, 7) is 0. The third kappa shape index (κ3) is 4.30. The van der Waals surface area contributed by atoms with Crippen LogP contribution in [0.3, 0.4) is 0 Å². The normalized spacial score (nSPS) is 10.9. The summed E-state index contributed by atoms with van der Waals surface area (Å²) in [5.41, 5.74) is 2.88. The second kappa shape index (κ2) is 7.82. The minimum Gasteiger partial charge on any atom is -0.436 e. The summed E-state index contributed by atoms with van der Waals surface area (Å²) in [6, 6.07) is 16.5. The number of anilines is 1. The lowest BCUT2D eigenvalue weighted by Crippen LogP contribution is -2.13. The number of oxazole rings is 1. The predicted molar refractivity (Wildman–Crippen MR) is 108 cm³/mol. The Bertz CT molecular complexity index is 1080. The second-order valence-corrected chi connectivity index (χ2v) is 7.21. The Kier molecular flexibility index (Phi) is 5.09. The molecule has 0 radical (unpaired) electrons. The summed E-state index contributed by atoms with van der Waals surface area (Å²) in [4.78, 5) is 21.7. The van der Waals surface area contributed by atoms with E-state index in [2.05, 4.69) is 15.3 Å². The summed E-state index contributed by atoms with van der Waals surface area (Å²) >= 11 is 7.32. The van der Waals surface area contributed by atoms with Gasteiger partial charge in [0.2, 0.25) is 11.8 Å². The number of halogens is 1. The van der Waals surface area contributed by atoms with E-state index in [1.807, 2.05) is 24.3 Å². The maximum atomic E-state index is 12.2. The van der Waals surface area contributed by atoms with Crippen LogP contribution in [0.25, 0.3) is 22.6 Å². The Morgan fingerprint density at radius 3 is 2.63 bits per heavy atom. The molecule has 2 aromatic carbocycles. The van der Waals surface area contributed by atoms with E-state index in [9.17, 15) is 4.79 Å². The van der Waals surface area contributed by atoms with Gasteiger partial charge in [-0.1, -0.05) is 11.6 Å². The van der Waals surface area contributed by atoms with Crippen LogP contribution in [0.5, 0.6) is 0 Å². The molecule has 4 aromatic rings. The fourth-order valence-electron chi connectivity index (χ4n) is 2.50. The van der Waals surface area contributed by atoms with Crippen molar-refractivity contribution < 1.29 is 9.21 Å². The summed E-state index contributed by atoms with van der Waals surface area (Å²) in [7, 11) is 0. The number of carbonyl (C=O) groups is 1. The van der Waals surface area contributed by atoms with E-state index in [0.717, 1.165) is 10.5 Å². The molecule has 1 N–H and O–H groups in total. The zero-order valence-electron chi connectivity index (χ0n) is 14.1. The van der Waals surface area contributed by atoms with Crippen molar-refractivity contribution >= 4 is 46.1 Å². The molecule has 0 unspecified atom stereocenters. The van der Waals surface area contributed by atoms with Crippen LogP contribution in [0, 0.1) is 0 Å². The lowest BCUT2D eigenvalue weighted by molar-refractivity contribution is -0.113. The highest BCUT2D eigenvalue weighted by Crippen LogP contribution is 2.26. The van der Waals surface area contributed by atoms with Gasteiger partial charge in [-0.25, -0.2) is 4.98 Å². The Balaban J connectivity index is 1.44. The van der Waals surface area contributed by atoms with Crippen LogP contribution < -0.4 is 5.32 Å². The molecular weight excluding hydrogens is 382 g/mol. The van der Waals surface area contributed by atoms with Crippen molar-refractivity contribution in [2.45, 2.75) is 4.90 Å². The number of carbonyl (C=O) groups excluding carboxylic acids is 1. The number of aromatic nitrogens is 2. The van der Waals surface area contributed by atoms with Gasteiger partial charge >= 0.3 is 0 Å². The number of nitrogens with zero attached hydrogens (tertiary/aromatic N) is 2. The van der Waals surface area contributed by atoms with Gasteiger partial charge in [0.25, 0.3) is 0 Å². The van der Waals surface area contributed by atoms with Crippen molar-refractivity contribution in [1.29, 1.82) is 0 Å². The van der Waals surface area contributed by atoms with Crippen LogP contribution in [-0.4, -0.2) is 21.6 Å². The molecule has 2 heterocycles. The van der Waals surface area contributed by atoms with E-state index < -0.39 is 0 Å². The third-order valence-corrected chi connectivity index (χ3v) is 5.05. The van der Waals surface area contributed by atoms with Gasteiger partial charge in [-0.15, -0.1) is 11.8 Å². The first kappa shape index (κ1) is 17.6. The van der Waals surface area contributed by atoms with Gasteiger partial charge in [-0.2, -0.15) is 0 Å². The second-order valence-electron chi connectivity index (χ2n) is 5.73. The smallest absolute Gasteiger partial charge is 0.234 e. The fourth-order valence-corrected chi connectivity index (χ4v) is 3.32. The topological polar surface area (TPSA) is 68.0 Å². The van der Waals surface area contributed by atoms with E-state index in [1.54, 1.807) is 42.7 Å². The number of hydrogen-bond donors (Lipinski definition) is 1. The van der Waals surface area contributed by atoms with E-state index in [1.165, 1.54) is 11.8 Å². The molecular formula is C20H14ClN3O2S. The zero-order chi connectivity index (χ0) is 18.6. The highest BCUT2D eigenvalue weighted by atomic mass is 35.5. The molecule has 0 bridgehead atoms. The minimum absolute atomic E-state index is 0.0906. The Hall–Kier alpha value is -2.83. The highest BCUT2D eigenvalue weighted by molar-refractivity contribution is 8.00. The third-order valence-electron chi connectivity index (χ3n) is 3.78. The number of fused-ring (bicyclic) bond motifs is 1. The molecule has 0 atom stereocenters. The van der Waals surface area contributed by atoms with Crippen molar-refractivity contribution in [2.24, 2.45) is 0 Å². The van der Waals surface area contributed by atoms with Crippen LogP contribution in [0.2, 0.25) is 5.02 Å². The molecule has 0 spiro atoms. The molecule has 0 fully saturated rings. The molecule has 1 amide bonds. The first-order chi connectivity index (χ1) is 13.2. The van der Waals surface area contributed by atoms with Crippen molar-refractivity contribution in [3.8, 4) is 11.5 Å². The number of thioether (sulfide) groups is 1. The van der Waals surface area contributed by atoms with Gasteiger partial charge in [0.1, 0.15) is 5.52 Å². The quantitative estimate of drug-likeness (QED) is 0.466. The SMILES string of the molecule is O=C(CSc1ccc(Cl)cc1)Nc1ccc2oc(-c3ccncc3)nc2c1. The highest BCUT2D eigenvalue weighted by Gasteiger charge is 2.10. The average Bonchev–Trinajstić information content (AvgIpc) is 3.12. The predicted octanol–water partition coefficient (Wildman–Crippen LogP) is 5.27. The van der Waals surface area contributed by atoms with Crippen LogP contribution in [0.15, 0.2) is 76.3 Å². The van der Waals surface area contributed by atoms with Gasteiger partial charge in [0.15, 0.2) is 5.58 Å². The van der Waals surface area contributed by atoms with Crippen molar-refractivity contribution in [1.82, 2.24) is 9.97 Å². The maximum Gasteiger partial charge on any atom is 0.234 e. The standard InChI is InChI=1S/C20H14ClN3O2S/c21-14-1-4-16(5-2-14)27-12-19(25)23-15-3-6-18-17(11-15)24-20(26-18)13-7-9-22-10-8-13/h1-11H,12H2,(H,23,25). The Morgan fingerprint density at radius 1 is 1.07 bits per heavy atom. The van der Waals surface area contributed by atoms with Gasteiger partial charge in [-0.3, -0.25) is 9.78 Å². The molecule has 4 rings (SSSR count). The van der Waals surface area contributed by atoms with E-state index >= 15 is 0 Å². The average molecular weight is 396 g/mol. The molecule has 2 aromatic heterocycles. The number of hydrogen-bond acceptors (Lipinski definition) is 5. The molecule has 0 aliphatic rings. The van der Waals surface area contributed by atoms with E-state index in [0.29, 0.717) is 33.5 Å². The largest absolute Gasteiger partial charge is 0.436 e. The number of pyridine rings is 1.